The van der Waals surface area contributed by atoms with Crippen LogP contribution in [0.15, 0.2) is 200 Å². The molecule has 0 radical (unpaired) electrons. The Morgan fingerprint density at radius 1 is 0.380 bits per heavy atom. The Kier molecular flexibility index (Phi) is 11.4. The summed E-state index contributed by atoms with van der Waals surface area (Å²) < 4.78 is 9.73. The van der Waals surface area contributed by atoms with Crippen LogP contribution in [0.1, 0.15) is 26.3 Å². The molecule has 0 spiro atoms. The number of benzene rings is 7. The molecule has 7 aromatic carbocycles. The molecule has 0 aromatic heterocycles. The maximum Gasteiger partial charge on any atom is 0.108 e. The molecule has 0 aliphatic heterocycles. The zero-order valence-corrected chi connectivity index (χ0v) is 31.8. The summed E-state index contributed by atoms with van der Waals surface area (Å²) in [6, 6.07) is 72.4. The first kappa shape index (κ1) is 35.0. The number of rotatable bonds is 8. The standard InChI is InChI=1S/C24H20B.C23H26IO/c1-5-13-21(14-6-1)25(22-15-7-2-8-16-22,23-17-9-3-10-18-23)24-19-11-4-12-20-24;1-23(2,3)18-10-12-20(13-11-18)24(19-8-6-5-7-9-19)21-14-16-22(25-4)17-15-21/h1-20H;5-17,24H,1-4H3/q-1;+1. The first-order valence-corrected chi connectivity index (χ1v) is 20.8. The number of hydrogen-bond acceptors (Lipinski definition) is 1. The van der Waals surface area contributed by atoms with Gasteiger partial charge in [-0.2, -0.15) is 21.9 Å². The average molecular weight is 765 g/mol. The zero-order chi connectivity index (χ0) is 34.8. The molecular formula is C47H46BIO. The Labute approximate surface area is 306 Å². The van der Waals surface area contributed by atoms with E-state index < -0.39 is 26.0 Å². The Morgan fingerprint density at radius 2 is 0.680 bits per heavy atom. The van der Waals surface area contributed by atoms with Crippen molar-refractivity contribution in [1.29, 1.82) is 0 Å². The van der Waals surface area contributed by atoms with Gasteiger partial charge in [-0.1, -0.05) is 121 Å². The van der Waals surface area contributed by atoms with Crippen molar-refractivity contribution in [2.24, 2.45) is 0 Å². The van der Waals surface area contributed by atoms with Crippen LogP contribution < -0.4 is 46.4 Å². The molecule has 50 heavy (non-hydrogen) atoms. The van der Waals surface area contributed by atoms with E-state index in [1.165, 1.54) is 38.1 Å². The molecule has 1 atom stereocenters. The van der Waals surface area contributed by atoms with Crippen LogP contribution in [-0.4, -0.2) is 13.3 Å². The summed E-state index contributed by atoms with van der Waals surface area (Å²) in [6.45, 7) is 6.79. The normalized spacial score (nSPS) is 12.3. The third kappa shape index (κ3) is 7.79. The average Bonchev–Trinajstić information content (AvgIpc) is 3.18. The van der Waals surface area contributed by atoms with Crippen LogP contribution in [0.4, 0.5) is 0 Å². The first-order chi connectivity index (χ1) is 24.4. The fraction of sp³-hybridized carbons (Fsp3) is 0.106. The Hall–Kier alpha value is -4.87. The van der Waals surface area contributed by atoms with Crippen LogP contribution in [0.5, 0.6) is 5.75 Å². The smallest absolute Gasteiger partial charge is 0.108 e. The van der Waals surface area contributed by atoms with Gasteiger partial charge in [0.1, 0.15) is 6.15 Å². The third-order valence-electron chi connectivity index (χ3n) is 9.43. The number of methoxy groups -OCH3 is 1. The van der Waals surface area contributed by atoms with Crippen molar-refractivity contribution in [3.63, 3.8) is 0 Å². The van der Waals surface area contributed by atoms with Gasteiger partial charge < -0.3 is 0 Å². The summed E-state index contributed by atoms with van der Waals surface area (Å²) in [5.74, 6) is 0.915. The fourth-order valence-electron chi connectivity index (χ4n) is 6.89. The van der Waals surface area contributed by atoms with Crippen molar-refractivity contribution < 1.29 is 24.6 Å². The predicted molar refractivity (Wildman–Crippen MR) is 212 cm³/mol. The van der Waals surface area contributed by atoms with Gasteiger partial charge in [0.15, 0.2) is 0 Å². The van der Waals surface area contributed by atoms with Crippen molar-refractivity contribution in [3.05, 3.63) is 216 Å². The quantitative estimate of drug-likeness (QED) is 0.151. The molecule has 0 amide bonds. The summed E-state index contributed by atoms with van der Waals surface area (Å²) in [7, 11) is 1.72. The molecule has 7 rings (SSSR count). The van der Waals surface area contributed by atoms with E-state index in [0.717, 1.165) is 5.75 Å². The summed E-state index contributed by atoms with van der Waals surface area (Å²) in [6.07, 6.45) is -1.22. The van der Waals surface area contributed by atoms with E-state index in [4.69, 9.17) is 4.74 Å². The number of hydrogen-bond donors (Lipinski definition) is 0. The zero-order valence-electron chi connectivity index (χ0n) is 29.4. The molecule has 0 aliphatic rings. The third-order valence-corrected chi connectivity index (χ3v) is 15.8. The molecular weight excluding hydrogens is 718 g/mol. The Bertz CT molecular complexity index is 1860. The fourth-order valence-corrected chi connectivity index (χ4v) is 12.8. The summed E-state index contributed by atoms with van der Waals surface area (Å²) in [4.78, 5) is 0. The molecule has 0 heterocycles. The molecule has 0 saturated heterocycles. The molecule has 0 fully saturated rings. The van der Waals surface area contributed by atoms with Crippen molar-refractivity contribution in [2.75, 3.05) is 7.11 Å². The van der Waals surface area contributed by atoms with E-state index in [1.54, 1.807) is 7.11 Å². The maximum atomic E-state index is 5.33. The van der Waals surface area contributed by atoms with Gasteiger partial charge in [0, 0.05) is 0 Å². The van der Waals surface area contributed by atoms with Gasteiger partial charge in [-0.25, -0.2) is 0 Å². The molecule has 1 unspecified atom stereocenters. The van der Waals surface area contributed by atoms with E-state index in [9.17, 15) is 0 Å². The van der Waals surface area contributed by atoms with Crippen molar-refractivity contribution in [3.8, 4) is 5.75 Å². The number of ether oxygens (including phenoxy) is 1. The molecule has 250 valence electrons. The molecule has 0 bridgehead atoms. The SMILES string of the molecule is COc1ccc([IH+](c2ccccc2)c2ccc(C(C)(C)C)cc2)cc1.c1ccc([B-](c2ccccc2)(c2ccccc2)c2ccccc2)cc1. The minimum atomic E-state index is -1.85. The predicted octanol–water partition coefficient (Wildman–Crippen LogP) is 5.32. The second kappa shape index (κ2) is 16.2. The van der Waals surface area contributed by atoms with Crippen molar-refractivity contribution in [1.82, 2.24) is 0 Å². The summed E-state index contributed by atoms with van der Waals surface area (Å²) in [5, 5.41) is 0. The van der Waals surface area contributed by atoms with Gasteiger partial charge in [0.2, 0.25) is 0 Å². The van der Waals surface area contributed by atoms with Crippen molar-refractivity contribution >= 4 is 28.0 Å². The maximum absolute atomic E-state index is 5.33. The van der Waals surface area contributed by atoms with E-state index >= 15 is 0 Å². The van der Waals surface area contributed by atoms with Crippen LogP contribution in [0.3, 0.4) is 0 Å². The molecule has 7 aromatic rings. The van der Waals surface area contributed by atoms with Crippen LogP contribution in [0.25, 0.3) is 0 Å². The van der Waals surface area contributed by atoms with E-state index in [2.05, 4.69) is 221 Å². The minimum absolute atomic E-state index is 0.186. The van der Waals surface area contributed by atoms with E-state index in [-0.39, 0.29) is 5.41 Å². The van der Waals surface area contributed by atoms with Crippen LogP contribution in [0, 0.1) is 10.7 Å². The second-order valence-corrected chi connectivity index (χ2v) is 19.4. The Morgan fingerprint density at radius 3 is 1.00 bits per heavy atom. The van der Waals surface area contributed by atoms with Gasteiger partial charge in [0.05, 0.1) is 0 Å². The van der Waals surface area contributed by atoms with Crippen LogP contribution >= 0.6 is 0 Å². The summed E-state index contributed by atoms with van der Waals surface area (Å²) in [5.41, 5.74) is 6.93. The second-order valence-electron chi connectivity index (χ2n) is 13.6. The van der Waals surface area contributed by atoms with Gasteiger partial charge in [-0.3, -0.25) is 0 Å². The van der Waals surface area contributed by atoms with Gasteiger partial charge in [-0.05, 0) is 0 Å². The van der Waals surface area contributed by atoms with E-state index in [1.807, 2.05) is 0 Å². The topological polar surface area (TPSA) is 9.23 Å². The molecule has 0 saturated carbocycles. The molecule has 0 aliphatic carbocycles. The molecule has 0 N–H and O–H groups in total. The van der Waals surface area contributed by atoms with Crippen molar-refractivity contribution in [2.45, 2.75) is 26.2 Å². The minimum Gasteiger partial charge on any atom is -0.195 e. The molecule has 1 nitrogen and oxygen atoms in total. The van der Waals surface area contributed by atoms with Crippen LogP contribution in [-0.2, 0) is 5.41 Å². The van der Waals surface area contributed by atoms with Gasteiger partial charge in [0.25, 0.3) is 0 Å². The Balaban J connectivity index is 0.000000173. The largest absolute Gasteiger partial charge is 0.195 e. The summed E-state index contributed by atoms with van der Waals surface area (Å²) >= 11 is -1.85. The monoisotopic (exact) mass is 764 g/mol. The first-order valence-electron chi connectivity index (χ1n) is 17.3. The molecule has 3 heteroatoms. The number of halogens is 1. The van der Waals surface area contributed by atoms with Crippen LogP contribution in [0.2, 0.25) is 0 Å². The van der Waals surface area contributed by atoms with Gasteiger partial charge in [-0.15, -0.1) is 0 Å². The van der Waals surface area contributed by atoms with Gasteiger partial charge >= 0.3 is 159 Å². The van der Waals surface area contributed by atoms with E-state index in [0.29, 0.717) is 0 Å².